The fourth-order valence-corrected chi connectivity index (χ4v) is 2.57. The van der Waals surface area contributed by atoms with E-state index >= 15 is 0 Å². The molecule has 0 saturated carbocycles. The van der Waals surface area contributed by atoms with Crippen LogP contribution in [0.15, 0.2) is 18.2 Å². The summed E-state index contributed by atoms with van der Waals surface area (Å²) in [4.78, 5) is 34.9. The van der Waals surface area contributed by atoms with E-state index < -0.39 is 16.9 Å². The zero-order valence-electron chi connectivity index (χ0n) is 12.1. The van der Waals surface area contributed by atoms with Crippen LogP contribution in [0.3, 0.4) is 0 Å². The van der Waals surface area contributed by atoms with Gasteiger partial charge >= 0.3 is 5.97 Å². The highest BCUT2D eigenvalue weighted by Gasteiger charge is 2.31. The second kappa shape index (κ2) is 6.52. The molecule has 0 bridgehead atoms. The Morgan fingerprint density at radius 1 is 1.50 bits per heavy atom. The van der Waals surface area contributed by atoms with Crippen molar-refractivity contribution >= 4 is 23.3 Å². The smallest absolute Gasteiger partial charge is 0.320 e. The zero-order valence-corrected chi connectivity index (χ0v) is 12.1. The van der Waals surface area contributed by atoms with Gasteiger partial charge in [0.05, 0.1) is 11.5 Å². The molecule has 2 N–H and O–H groups in total. The van der Waals surface area contributed by atoms with Gasteiger partial charge < -0.3 is 10.4 Å². The predicted molar refractivity (Wildman–Crippen MR) is 78.7 cm³/mol. The number of non-ortho nitro benzene ring substituents is 1. The van der Waals surface area contributed by atoms with Gasteiger partial charge in [0.25, 0.3) is 5.69 Å². The van der Waals surface area contributed by atoms with Gasteiger partial charge in [0, 0.05) is 17.8 Å². The van der Waals surface area contributed by atoms with E-state index in [1.54, 1.807) is 11.8 Å². The molecule has 118 valence electrons. The van der Waals surface area contributed by atoms with E-state index in [1.165, 1.54) is 18.2 Å². The minimum Gasteiger partial charge on any atom is -0.480 e. The molecule has 0 unspecified atom stereocenters. The van der Waals surface area contributed by atoms with E-state index in [0.29, 0.717) is 24.2 Å². The molecule has 1 atom stereocenters. The molecule has 0 aliphatic carbocycles. The van der Waals surface area contributed by atoms with Gasteiger partial charge in [-0.1, -0.05) is 0 Å². The molecule has 22 heavy (non-hydrogen) atoms. The van der Waals surface area contributed by atoms with E-state index in [9.17, 15) is 19.7 Å². The molecular formula is C14H17N3O5. The number of nitro benzene ring substituents is 1. The first kappa shape index (κ1) is 15.9. The van der Waals surface area contributed by atoms with Crippen LogP contribution in [0.25, 0.3) is 0 Å². The number of carbonyl (C=O) groups is 2. The van der Waals surface area contributed by atoms with Gasteiger partial charge in [-0.15, -0.1) is 0 Å². The number of aryl methyl sites for hydroxylation is 1. The molecule has 1 saturated heterocycles. The number of nitro groups is 1. The van der Waals surface area contributed by atoms with Crippen molar-refractivity contribution in [3.05, 3.63) is 33.9 Å². The lowest BCUT2D eigenvalue weighted by Crippen LogP contribution is -2.40. The van der Waals surface area contributed by atoms with Crippen molar-refractivity contribution in [1.82, 2.24) is 4.90 Å². The number of carbonyl (C=O) groups excluding carboxylic acids is 1. The summed E-state index contributed by atoms with van der Waals surface area (Å²) in [5, 5.41) is 22.4. The standard InChI is InChI=1S/C14H17N3O5/c1-9-7-10(17(21)22)4-5-11(9)15-13(18)8-16-6-2-3-12(16)14(19)20/h4-5,7,12H,2-3,6,8H2,1H3,(H,15,18)(H,19,20)/t12-/m0/s1. The number of carboxylic acid groups (broad SMARTS) is 1. The van der Waals surface area contributed by atoms with E-state index in [-0.39, 0.29) is 18.1 Å². The van der Waals surface area contributed by atoms with Crippen molar-refractivity contribution < 1.29 is 19.6 Å². The largest absolute Gasteiger partial charge is 0.480 e. The molecule has 1 aromatic carbocycles. The number of aliphatic carboxylic acids is 1. The Morgan fingerprint density at radius 2 is 2.23 bits per heavy atom. The van der Waals surface area contributed by atoms with Crippen LogP contribution in [0.5, 0.6) is 0 Å². The highest BCUT2D eigenvalue weighted by atomic mass is 16.6. The number of hydrogen-bond donors (Lipinski definition) is 2. The average molecular weight is 307 g/mol. The average Bonchev–Trinajstić information content (AvgIpc) is 2.89. The lowest BCUT2D eigenvalue weighted by Gasteiger charge is -2.20. The highest BCUT2D eigenvalue weighted by Crippen LogP contribution is 2.22. The van der Waals surface area contributed by atoms with Crippen LogP contribution >= 0.6 is 0 Å². The molecule has 1 aliphatic heterocycles. The monoisotopic (exact) mass is 307 g/mol. The number of benzene rings is 1. The lowest BCUT2D eigenvalue weighted by molar-refractivity contribution is -0.384. The third kappa shape index (κ3) is 3.59. The normalized spacial score (nSPS) is 18.1. The Labute approximate surface area is 126 Å². The minimum absolute atomic E-state index is 0.00655. The summed E-state index contributed by atoms with van der Waals surface area (Å²) in [6, 6.07) is 3.55. The Morgan fingerprint density at radius 3 is 2.82 bits per heavy atom. The van der Waals surface area contributed by atoms with Gasteiger partial charge in [-0.05, 0) is 37.9 Å². The third-order valence-electron chi connectivity index (χ3n) is 3.69. The minimum atomic E-state index is -0.920. The Balaban J connectivity index is 2.00. The van der Waals surface area contributed by atoms with E-state index in [1.807, 2.05) is 0 Å². The van der Waals surface area contributed by atoms with Crippen LogP contribution in [0.2, 0.25) is 0 Å². The quantitative estimate of drug-likeness (QED) is 0.628. The molecule has 0 radical (unpaired) electrons. The molecule has 1 heterocycles. The van der Waals surface area contributed by atoms with Gasteiger partial charge in [0.1, 0.15) is 6.04 Å². The lowest BCUT2D eigenvalue weighted by atomic mass is 10.2. The van der Waals surface area contributed by atoms with Crippen molar-refractivity contribution in [3.8, 4) is 0 Å². The van der Waals surface area contributed by atoms with Crippen LogP contribution in [0.1, 0.15) is 18.4 Å². The molecule has 8 heteroatoms. The van der Waals surface area contributed by atoms with Gasteiger partial charge in [-0.3, -0.25) is 24.6 Å². The van der Waals surface area contributed by atoms with Crippen molar-refractivity contribution in [3.63, 3.8) is 0 Å². The number of rotatable bonds is 5. The molecule has 1 aromatic rings. The molecule has 0 spiro atoms. The Bertz CT molecular complexity index is 616. The van der Waals surface area contributed by atoms with Gasteiger partial charge in [0.2, 0.25) is 5.91 Å². The number of nitrogens with one attached hydrogen (secondary N) is 1. The number of hydrogen-bond acceptors (Lipinski definition) is 5. The van der Waals surface area contributed by atoms with Crippen molar-refractivity contribution in [2.45, 2.75) is 25.8 Å². The first-order valence-electron chi connectivity index (χ1n) is 6.90. The van der Waals surface area contributed by atoms with Crippen LogP contribution in [0, 0.1) is 17.0 Å². The number of amides is 1. The van der Waals surface area contributed by atoms with Crippen LogP contribution < -0.4 is 5.32 Å². The van der Waals surface area contributed by atoms with Crippen molar-refractivity contribution in [1.29, 1.82) is 0 Å². The first-order valence-corrected chi connectivity index (χ1v) is 6.90. The fraction of sp³-hybridized carbons (Fsp3) is 0.429. The van der Waals surface area contributed by atoms with Crippen molar-refractivity contribution in [2.75, 3.05) is 18.4 Å². The maximum atomic E-state index is 12.0. The molecule has 8 nitrogen and oxygen atoms in total. The summed E-state index contributed by atoms with van der Waals surface area (Å²) in [5.41, 5.74) is 1.03. The molecular weight excluding hydrogens is 290 g/mol. The molecule has 1 amide bonds. The van der Waals surface area contributed by atoms with E-state index in [0.717, 1.165) is 6.42 Å². The molecule has 1 fully saturated rings. The topological polar surface area (TPSA) is 113 Å². The van der Waals surface area contributed by atoms with Crippen LogP contribution in [-0.2, 0) is 9.59 Å². The van der Waals surface area contributed by atoms with Crippen molar-refractivity contribution in [2.24, 2.45) is 0 Å². The van der Waals surface area contributed by atoms with Crippen LogP contribution in [-0.4, -0.2) is 45.9 Å². The Kier molecular flexibility index (Phi) is 4.71. The first-order chi connectivity index (χ1) is 10.4. The second-order valence-corrected chi connectivity index (χ2v) is 5.27. The maximum Gasteiger partial charge on any atom is 0.320 e. The van der Waals surface area contributed by atoms with E-state index in [4.69, 9.17) is 5.11 Å². The van der Waals surface area contributed by atoms with E-state index in [2.05, 4.69) is 5.32 Å². The summed E-state index contributed by atoms with van der Waals surface area (Å²) in [5.74, 6) is -1.25. The summed E-state index contributed by atoms with van der Waals surface area (Å²) in [6.45, 7) is 2.23. The summed E-state index contributed by atoms with van der Waals surface area (Å²) >= 11 is 0. The second-order valence-electron chi connectivity index (χ2n) is 5.27. The fourth-order valence-electron chi connectivity index (χ4n) is 2.57. The molecule has 0 aromatic heterocycles. The predicted octanol–water partition coefficient (Wildman–Crippen LogP) is 1.39. The summed E-state index contributed by atoms with van der Waals surface area (Å²) in [6.07, 6.45) is 1.29. The molecule has 2 rings (SSSR count). The third-order valence-corrected chi connectivity index (χ3v) is 3.69. The number of nitrogens with zero attached hydrogens (tertiary/aromatic N) is 2. The van der Waals surface area contributed by atoms with Crippen LogP contribution in [0.4, 0.5) is 11.4 Å². The highest BCUT2D eigenvalue weighted by molar-refractivity contribution is 5.93. The van der Waals surface area contributed by atoms with Gasteiger partial charge in [0.15, 0.2) is 0 Å². The number of carboxylic acids is 1. The zero-order chi connectivity index (χ0) is 16.3. The van der Waals surface area contributed by atoms with Gasteiger partial charge in [-0.25, -0.2) is 0 Å². The SMILES string of the molecule is Cc1cc([N+](=O)[O-])ccc1NC(=O)CN1CCC[C@H]1C(=O)O. The number of anilines is 1. The molecule has 1 aliphatic rings. The Hall–Kier alpha value is -2.48. The summed E-state index contributed by atoms with van der Waals surface area (Å²) < 4.78 is 0. The number of likely N-dealkylation sites (tertiary alicyclic amines) is 1. The van der Waals surface area contributed by atoms with Gasteiger partial charge in [-0.2, -0.15) is 0 Å². The maximum absolute atomic E-state index is 12.0. The summed E-state index contributed by atoms with van der Waals surface area (Å²) in [7, 11) is 0.